The van der Waals surface area contributed by atoms with Crippen molar-refractivity contribution in [3.05, 3.63) is 48.5 Å². The molecule has 1 saturated heterocycles. The molecule has 1 saturated carbocycles. The highest BCUT2D eigenvalue weighted by atomic mass is 79.9. The van der Waals surface area contributed by atoms with Crippen LogP contribution in [-0.2, 0) is 19.9 Å². The zero-order valence-electron chi connectivity index (χ0n) is 18.7. The Balaban J connectivity index is 0.00000306. The first-order valence-corrected chi connectivity index (χ1v) is 11.1. The minimum atomic E-state index is -1.64. The summed E-state index contributed by atoms with van der Waals surface area (Å²) in [6, 6.07) is 9.11. The van der Waals surface area contributed by atoms with Crippen LogP contribution in [0.1, 0.15) is 37.7 Å². The van der Waals surface area contributed by atoms with Crippen molar-refractivity contribution < 1.29 is 40.9 Å². The molecule has 2 N–H and O–H groups in total. The third kappa shape index (κ3) is 5.74. The van der Waals surface area contributed by atoms with Crippen molar-refractivity contribution in [3.63, 3.8) is 0 Å². The Kier molecular flexibility index (Phi) is 8.14. The summed E-state index contributed by atoms with van der Waals surface area (Å²) in [5, 5.41) is 14.3. The predicted octanol–water partition coefficient (Wildman–Crippen LogP) is -1.35. The van der Waals surface area contributed by atoms with Crippen LogP contribution in [0.15, 0.2) is 43.0 Å². The number of esters is 1. The number of quaternary nitrogens is 1. The van der Waals surface area contributed by atoms with Crippen molar-refractivity contribution in [2.45, 2.75) is 43.8 Å². The summed E-state index contributed by atoms with van der Waals surface area (Å²) in [5.74, 6) is -0.727. The molecule has 1 aromatic carbocycles. The Labute approximate surface area is 204 Å². The number of benzene rings is 1. The van der Waals surface area contributed by atoms with E-state index in [1.165, 1.54) is 12.7 Å². The summed E-state index contributed by atoms with van der Waals surface area (Å²) in [6.45, 7) is 1.41. The molecule has 2 aliphatic rings. The number of carbonyl (C=O) groups excluding carboxylic acids is 2. The normalized spacial score (nSPS) is 24.5. The van der Waals surface area contributed by atoms with Crippen LogP contribution >= 0.6 is 0 Å². The molecule has 1 amide bonds. The van der Waals surface area contributed by atoms with Crippen LogP contribution in [0.4, 0.5) is 5.95 Å². The second-order valence-corrected chi connectivity index (χ2v) is 9.12. The smallest absolute Gasteiger partial charge is 0.343 e. The summed E-state index contributed by atoms with van der Waals surface area (Å²) in [6.07, 6.45) is 6.53. The van der Waals surface area contributed by atoms with Gasteiger partial charge in [-0.25, -0.2) is 19.7 Å². The summed E-state index contributed by atoms with van der Waals surface area (Å²) >= 11 is 0. The van der Waals surface area contributed by atoms with Crippen molar-refractivity contribution in [3.8, 4) is 0 Å². The third-order valence-electron chi connectivity index (χ3n) is 6.65. The van der Waals surface area contributed by atoms with Crippen molar-refractivity contribution in [1.82, 2.24) is 15.0 Å². The topological polar surface area (TPSA) is 114 Å². The van der Waals surface area contributed by atoms with Crippen LogP contribution in [0.25, 0.3) is 0 Å². The van der Waals surface area contributed by atoms with Gasteiger partial charge in [-0.2, -0.15) is 0 Å². The molecule has 9 nitrogen and oxygen atoms in total. The molecule has 2 heterocycles. The van der Waals surface area contributed by atoms with Crippen LogP contribution in [0.5, 0.6) is 0 Å². The maximum Gasteiger partial charge on any atom is 0.343 e. The van der Waals surface area contributed by atoms with Crippen LogP contribution in [-0.4, -0.2) is 69.2 Å². The Morgan fingerprint density at radius 3 is 2.48 bits per heavy atom. The van der Waals surface area contributed by atoms with Gasteiger partial charge in [-0.1, -0.05) is 43.2 Å². The summed E-state index contributed by atoms with van der Waals surface area (Å²) in [4.78, 5) is 37.3. The molecule has 0 radical (unpaired) electrons. The fourth-order valence-electron chi connectivity index (χ4n) is 4.98. The quantitative estimate of drug-likeness (QED) is 0.343. The van der Waals surface area contributed by atoms with Gasteiger partial charge >= 0.3 is 5.97 Å². The molecule has 3 atom stereocenters. The number of hydrogen-bond acceptors (Lipinski definition) is 7. The zero-order chi connectivity index (χ0) is 22.6. The Morgan fingerprint density at radius 1 is 1.15 bits per heavy atom. The lowest BCUT2D eigenvalue weighted by Gasteiger charge is -2.33. The molecule has 4 rings (SSSR count). The van der Waals surface area contributed by atoms with Gasteiger partial charge in [-0.3, -0.25) is 10.1 Å². The third-order valence-corrected chi connectivity index (χ3v) is 6.65. The zero-order valence-corrected chi connectivity index (χ0v) is 20.3. The van der Waals surface area contributed by atoms with E-state index in [0.29, 0.717) is 29.6 Å². The Bertz CT molecular complexity index is 944. The van der Waals surface area contributed by atoms with Crippen molar-refractivity contribution in [2.75, 3.05) is 32.0 Å². The number of amides is 1. The number of likely N-dealkylation sites (N-methyl/N-ethyl adjacent to an activating group) is 1. The highest BCUT2D eigenvalue weighted by molar-refractivity contribution is 5.89. The largest absolute Gasteiger partial charge is 1.00 e. The summed E-state index contributed by atoms with van der Waals surface area (Å²) in [5.41, 5.74) is -1.05. The number of likely N-dealkylation sites (tertiary alicyclic amines) is 1. The van der Waals surface area contributed by atoms with Gasteiger partial charge in [-0.15, -0.1) is 0 Å². The number of carbonyl (C=O) groups is 2. The Hall–Kier alpha value is -2.43. The molecule has 178 valence electrons. The second kappa shape index (κ2) is 10.7. The number of aromatic nitrogens is 3. The Morgan fingerprint density at radius 2 is 1.82 bits per heavy atom. The lowest BCUT2D eigenvalue weighted by molar-refractivity contribution is -0.890. The van der Waals surface area contributed by atoms with Crippen molar-refractivity contribution in [1.29, 1.82) is 0 Å². The molecule has 1 aromatic heterocycles. The summed E-state index contributed by atoms with van der Waals surface area (Å²) < 4.78 is 6.30. The molecule has 33 heavy (non-hydrogen) atoms. The first-order chi connectivity index (χ1) is 15.4. The predicted molar refractivity (Wildman–Crippen MR) is 116 cm³/mol. The van der Waals surface area contributed by atoms with Crippen LogP contribution in [0, 0.1) is 5.92 Å². The van der Waals surface area contributed by atoms with Crippen molar-refractivity contribution in [2.24, 2.45) is 5.92 Å². The number of aliphatic hydroxyl groups is 1. The summed E-state index contributed by atoms with van der Waals surface area (Å²) in [7, 11) is 1.96. The van der Waals surface area contributed by atoms with E-state index >= 15 is 0 Å². The number of hydrogen-bond donors (Lipinski definition) is 2. The van der Waals surface area contributed by atoms with Gasteiger partial charge in [0.1, 0.15) is 19.2 Å². The molecule has 3 unspecified atom stereocenters. The van der Waals surface area contributed by atoms with Gasteiger partial charge in [0, 0.05) is 12.3 Å². The van der Waals surface area contributed by atoms with E-state index in [9.17, 15) is 14.7 Å². The number of nitrogens with zero attached hydrogens (tertiary/aromatic N) is 4. The van der Waals surface area contributed by atoms with Crippen LogP contribution < -0.4 is 22.3 Å². The van der Waals surface area contributed by atoms with Crippen LogP contribution in [0.2, 0.25) is 0 Å². The number of rotatable bonds is 7. The number of halogens is 1. The van der Waals surface area contributed by atoms with Gasteiger partial charge in [0.15, 0.2) is 18.2 Å². The standard InChI is InChI=1S/C23H29N5O4.BrH/c1-28(14-20(29)27-22-25-15-24-16-26-22)12-11-19(13-28)32-21(30)23(31,18-9-5-6-10-18)17-7-3-2-4-8-17;/h2-4,7-8,15-16,18-19,31H,5-6,9-14H2,1H3;1H. The number of anilines is 1. The fourth-order valence-corrected chi connectivity index (χ4v) is 4.98. The molecule has 2 aromatic rings. The average molecular weight is 520 g/mol. The van der Waals surface area contributed by atoms with Gasteiger partial charge in [-0.05, 0) is 18.4 Å². The van der Waals surface area contributed by atoms with Gasteiger partial charge in [0.05, 0.1) is 13.6 Å². The average Bonchev–Trinajstić information content (AvgIpc) is 3.45. The second-order valence-electron chi connectivity index (χ2n) is 9.12. The van der Waals surface area contributed by atoms with E-state index < -0.39 is 11.6 Å². The highest BCUT2D eigenvalue weighted by Crippen LogP contribution is 2.42. The van der Waals surface area contributed by atoms with E-state index in [1.54, 1.807) is 12.1 Å². The lowest BCUT2D eigenvalue weighted by Crippen LogP contribution is -3.00. The maximum absolute atomic E-state index is 13.3. The van der Waals surface area contributed by atoms with Crippen molar-refractivity contribution >= 4 is 17.8 Å². The van der Waals surface area contributed by atoms with Gasteiger partial charge < -0.3 is 31.3 Å². The molecular weight excluding hydrogens is 490 g/mol. The first kappa shape index (κ1) is 25.2. The van der Waals surface area contributed by atoms with E-state index in [1.807, 2.05) is 25.2 Å². The van der Waals surface area contributed by atoms with Gasteiger partial charge in [0.2, 0.25) is 5.95 Å². The minimum absolute atomic E-state index is 0. The number of nitrogens with one attached hydrogen (secondary N) is 1. The fraction of sp³-hybridized carbons (Fsp3) is 0.522. The molecule has 0 bridgehead atoms. The molecule has 0 spiro atoms. The molecule has 2 fully saturated rings. The molecule has 10 heteroatoms. The van der Waals surface area contributed by atoms with E-state index in [4.69, 9.17) is 4.74 Å². The SMILES string of the molecule is C[N+]1(CC(=O)Nc2ncncn2)CCC(OC(=O)C(O)(c2ccccc2)C2CCCC2)C1.[Br-]. The number of ether oxygens (including phenoxy) is 1. The first-order valence-electron chi connectivity index (χ1n) is 11.1. The van der Waals surface area contributed by atoms with Gasteiger partial charge in [0.25, 0.3) is 5.91 Å². The molecular formula is C23H30BrN5O4. The highest BCUT2D eigenvalue weighted by Gasteiger charge is 2.50. The molecule has 1 aliphatic heterocycles. The van der Waals surface area contributed by atoms with E-state index in [0.717, 1.165) is 25.7 Å². The van der Waals surface area contributed by atoms with E-state index in [2.05, 4.69) is 20.3 Å². The van der Waals surface area contributed by atoms with Crippen LogP contribution in [0.3, 0.4) is 0 Å². The maximum atomic E-state index is 13.3. The van der Waals surface area contributed by atoms with E-state index in [-0.39, 0.29) is 47.4 Å². The lowest BCUT2D eigenvalue weighted by atomic mass is 9.80. The monoisotopic (exact) mass is 519 g/mol. The molecule has 1 aliphatic carbocycles. The minimum Gasteiger partial charge on any atom is -1.00 e.